The molecule has 6 nitrogen and oxygen atoms in total. The van der Waals surface area contributed by atoms with Crippen LogP contribution in [0.15, 0.2) is 82.0 Å². The average molecular weight is 436 g/mol. The normalized spacial score (nSPS) is 12.2. The molecule has 2 aromatic carbocycles. The van der Waals surface area contributed by atoms with Gasteiger partial charge in [0.15, 0.2) is 5.76 Å². The summed E-state index contributed by atoms with van der Waals surface area (Å²) in [5, 5.41) is 9.70. The monoisotopic (exact) mass is 436 g/mol. The molecule has 7 heteroatoms. The Morgan fingerprint density at radius 1 is 1.09 bits per heavy atom. The minimum atomic E-state index is -0.331. The first-order valence-corrected chi connectivity index (χ1v) is 10.4. The number of ether oxygens (including phenoxy) is 1. The predicted molar refractivity (Wildman–Crippen MR) is 117 cm³/mol. The number of aliphatic hydroxyl groups is 1. The van der Waals surface area contributed by atoms with Crippen LogP contribution in [-0.4, -0.2) is 28.7 Å². The van der Waals surface area contributed by atoms with Gasteiger partial charge in [0.2, 0.25) is 5.89 Å². The highest BCUT2D eigenvalue weighted by Gasteiger charge is 2.25. The number of rotatable bonds is 10. The molecule has 0 saturated carbocycles. The van der Waals surface area contributed by atoms with Gasteiger partial charge in [0, 0.05) is 18.7 Å². The molecule has 0 bridgehead atoms. The van der Waals surface area contributed by atoms with Crippen molar-refractivity contribution in [3.8, 4) is 17.1 Å². The van der Waals surface area contributed by atoms with Gasteiger partial charge >= 0.3 is 0 Å². The molecule has 1 N–H and O–H groups in total. The minimum absolute atomic E-state index is 0.00457. The van der Waals surface area contributed by atoms with E-state index in [9.17, 15) is 9.50 Å². The Labute approximate surface area is 185 Å². The lowest BCUT2D eigenvalue weighted by atomic mass is 10.1. The van der Waals surface area contributed by atoms with E-state index in [2.05, 4.69) is 9.88 Å². The molecule has 1 atom stereocenters. The molecule has 0 fully saturated rings. The number of benzene rings is 2. The topological polar surface area (TPSA) is 71.9 Å². The third-order valence-electron chi connectivity index (χ3n) is 5.26. The van der Waals surface area contributed by atoms with Crippen LogP contribution in [0.2, 0.25) is 0 Å². The van der Waals surface area contributed by atoms with Crippen LogP contribution in [0.1, 0.15) is 29.7 Å². The average Bonchev–Trinajstić information content (AvgIpc) is 3.50. The van der Waals surface area contributed by atoms with Crippen LogP contribution in [0.5, 0.6) is 5.75 Å². The molecule has 4 aromatic rings. The van der Waals surface area contributed by atoms with E-state index in [1.54, 1.807) is 31.7 Å². The first kappa shape index (κ1) is 21.8. The molecule has 166 valence electrons. The molecule has 0 amide bonds. The first-order valence-electron chi connectivity index (χ1n) is 10.4. The summed E-state index contributed by atoms with van der Waals surface area (Å²) in [6.07, 6.45) is 3.71. The van der Waals surface area contributed by atoms with Crippen molar-refractivity contribution in [1.82, 2.24) is 9.88 Å². The summed E-state index contributed by atoms with van der Waals surface area (Å²) < 4.78 is 30.5. The van der Waals surface area contributed by atoms with Gasteiger partial charge in [-0.3, -0.25) is 4.90 Å². The third-order valence-corrected chi connectivity index (χ3v) is 5.26. The number of hydrogen-bond donors (Lipinski definition) is 1. The summed E-state index contributed by atoms with van der Waals surface area (Å²) >= 11 is 0. The van der Waals surface area contributed by atoms with E-state index in [1.807, 2.05) is 36.4 Å². The maximum Gasteiger partial charge on any atom is 0.209 e. The third kappa shape index (κ3) is 5.25. The molecule has 32 heavy (non-hydrogen) atoms. The van der Waals surface area contributed by atoms with Gasteiger partial charge in [0.25, 0.3) is 0 Å². The molecule has 0 radical (unpaired) electrons. The number of furan rings is 1. The van der Waals surface area contributed by atoms with Crippen LogP contribution in [0, 0.1) is 5.82 Å². The fourth-order valence-corrected chi connectivity index (χ4v) is 3.68. The highest BCUT2D eigenvalue weighted by Crippen LogP contribution is 2.30. The van der Waals surface area contributed by atoms with Crippen molar-refractivity contribution < 1.29 is 23.1 Å². The fraction of sp³-hybridized carbons (Fsp3) is 0.240. The zero-order chi connectivity index (χ0) is 22.3. The minimum Gasteiger partial charge on any atom is -0.497 e. The van der Waals surface area contributed by atoms with Crippen LogP contribution < -0.4 is 4.74 Å². The molecule has 1 unspecified atom stereocenters. The number of halogens is 1. The second kappa shape index (κ2) is 10.3. The van der Waals surface area contributed by atoms with Crippen molar-refractivity contribution in [2.24, 2.45) is 0 Å². The summed E-state index contributed by atoms with van der Waals surface area (Å²) in [4.78, 5) is 6.55. The number of methoxy groups -OCH3 is 1. The van der Waals surface area contributed by atoms with Crippen molar-refractivity contribution >= 4 is 0 Å². The van der Waals surface area contributed by atoms with Crippen molar-refractivity contribution in [2.45, 2.75) is 25.6 Å². The van der Waals surface area contributed by atoms with Gasteiger partial charge in [-0.1, -0.05) is 24.3 Å². The molecule has 2 heterocycles. The number of nitrogens with zero attached hydrogens (tertiary/aromatic N) is 2. The lowest BCUT2D eigenvalue weighted by Gasteiger charge is -2.29. The highest BCUT2D eigenvalue weighted by atomic mass is 19.1. The molecule has 0 aliphatic rings. The standard InChI is InChI=1S/C25H25FN2O4/c1-30-21-9-7-18(8-10-21)16-28(22(11-12-29)23-6-3-13-31-23)17-25-27-15-24(32-25)19-4-2-5-20(26)14-19/h2-10,13-15,22,29H,11-12,16-17H2,1H3. The van der Waals surface area contributed by atoms with E-state index in [0.717, 1.165) is 17.1 Å². The Balaban J connectivity index is 1.61. The van der Waals surface area contributed by atoms with Gasteiger partial charge < -0.3 is 18.7 Å². The highest BCUT2D eigenvalue weighted by molar-refractivity contribution is 5.56. The van der Waals surface area contributed by atoms with Crippen LogP contribution in [0.3, 0.4) is 0 Å². The summed E-state index contributed by atoms with van der Waals surface area (Å²) in [7, 11) is 1.63. The summed E-state index contributed by atoms with van der Waals surface area (Å²) in [5.41, 5.74) is 1.70. The van der Waals surface area contributed by atoms with Crippen LogP contribution in [0.4, 0.5) is 4.39 Å². The lowest BCUT2D eigenvalue weighted by Crippen LogP contribution is -2.29. The maximum atomic E-state index is 13.6. The van der Waals surface area contributed by atoms with E-state index >= 15 is 0 Å². The zero-order valence-electron chi connectivity index (χ0n) is 17.8. The van der Waals surface area contributed by atoms with E-state index in [0.29, 0.717) is 36.7 Å². The summed E-state index contributed by atoms with van der Waals surface area (Å²) in [6, 6.07) is 17.6. The van der Waals surface area contributed by atoms with Crippen molar-refractivity contribution in [3.63, 3.8) is 0 Å². The van der Waals surface area contributed by atoms with Crippen LogP contribution in [-0.2, 0) is 13.1 Å². The summed E-state index contributed by atoms with van der Waals surface area (Å²) in [6.45, 7) is 0.963. The number of oxazole rings is 1. The molecular formula is C25H25FN2O4. The molecule has 0 saturated heterocycles. The van der Waals surface area contributed by atoms with Gasteiger partial charge in [0.05, 0.1) is 32.2 Å². The predicted octanol–water partition coefficient (Wildman–Crippen LogP) is 5.21. The molecular weight excluding hydrogens is 411 g/mol. The molecule has 0 aliphatic carbocycles. The Kier molecular flexibility index (Phi) is 6.99. The van der Waals surface area contributed by atoms with E-state index in [1.165, 1.54) is 12.1 Å². The molecule has 4 rings (SSSR count). The summed E-state index contributed by atoms with van der Waals surface area (Å²) in [5.74, 6) is 2.20. The van der Waals surface area contributed by atoms with E-state index in [-0.39, 0.29) is 18.5 Å². The Hall–Kier alpha value is -3.42. The Morgan fingerprint density at radius 3 is 2.62 bits per heavy atom. The molecule has 0 spiro atoms. The fourth-order valence-electron chi connectivity index (χ4n) is 3.68. The van der Waals surface area contributed by atoms with Crippen LogP contribution in [0.25, 0.3) is 11.3 Å². The quantitative estimate of drug-likeness (QED) is 0.368. The van der Waals surface area contributed by atoms with Gasteiger partial charge in [-0.2, -0.15) is 0 Å². The SMILES string of the molecule is COc1ccc(CN(Cc2ncc(-c3cccc(F)c3)o2)C(CCO)c2ccco2)cc1. The van der Waals surface area contributed by atoms with Gasteiger partial charge in [-0.25, -0.2) is 9.37 Å². The lowest BCUT2D eigenvalue weighted by molar-refractivity contribution is 0.115. The second-order valence-corrected chi connectivity index (χ2v) is 7.43. The van der Waals surface area contributed by atoms with Crippen molar-refractivity contribution in [2.75, 3.05) is 13.7 Å². The van der Waals surface area contributed by atoms with Crippen molar-refractivity contribution in [3.05, 3.63) is 96.2 Å². The Morgan fingerprint density at radius 2 is 1.94 bits per heavy atom. The first-order chi connectivity index (χ1) is 15.7. The van der Waals surface area contributed by atoms with E-state index < -0.39 is 0 Å². The van der Waals surface area contributed by atoms with Gasteiger partial charge in [-0.05, 0) is 48.4 Å². The smallest absolute Gasteiger partial charge is 0.209 e. The zero-order valence-corrected chi connectivity index (χ0v) is 17.8. The maximum absolute atomic E-state index is 13.6. The number of aliphatic hydroxyl groups excluding tert-OH is 1. The van der Waals surface area contributed by atoms with E-state index in [4.69, 9.17) is 13.6 Å². The van der Waals surface area contributed by atoms with Gasteiger partial charge in [-0.15, -0.1) is 0 Å². The number of hydrogen-bond acceptors (Lipinski definition) is 6. The van der Waals surface area contributed by atoms with Gasteiger partial charge in [0.1, 0.15) is 17.3 Å². The molecule has 0 aliphatic heterocycles. The van der Waals surface area contributed by atoms with Crippen LogP contribution >= 0.6 is 0 Å². The number of aromatic nitrogens is 1. The Bertz CT molecular complexity index is 1110. The second-order valence-electron chi connectivity index (χ2n) is 7.43. The van der Waals surface area contributed by atoms with Crippen molar-refractivity contribution in [1.29, 1.82) is 0 Å². The largest absolute Gasteiger partial charge is 0.497 e. The molecule has 2 aromatic heterocycles.